The number of carbonyl (C=O) groups excluding carboxylic acids is 2. The normalized spacial score (nSPS) is 17.6. The van der Waals surface area contributed by atoms with Crippen LogP contribution in [0.1, 0.15) is 36.8 Å². The zero-order valence-electron chi connectivity index (χ0n) is 18.2. The van der Waals surface area contributed by atoms with Crippen molar-refractivity contribution in [3.8, 4) is 11.1 Å². The predicted molar refractivity (Wildman–Crippen MR) is 115 cm³/mol. The summed E-state index contributed by atoms with van der Waals surface area (Å²) in [5, 5.41) is 12.9. The Morgan fingerprint density at radius 3 is 2.03 bits per heavy atom. The van der Waals surface area contributed by atoms with Crippen molar-refractivity contribution in [1.29, 1.82) is 0 Å². The number of alkyl halides is 3. The van der Waals surface area contributed by atoms with Crippen LogP contribution in [0.3, 0.4) is 0 Å². The summed E-state index contributed by atoms with van der Waals surface area (Å²) in [6, 6.07) is 14.1. The van der Waals surface area contributed by atoms with E-state index in [0.29, 0.717) is 19.8 Å². The van der Waals surface area contributed by atoms with Crippen LogP contribution in [0.5, 0.6) is 0 Å². The van der Waals surface area contributed by atoms with Crippen LogP contribution in [-0.2, 0) is 14.3 Å². The highest BCUT2D eigenvalue weighted by atomic mass is 19.4. The van der Waals surface area contributed by atoms with Crippen molar-refractivity contribution < 1.29 is 37.4 Å². The Labute approximate surface area is 193 Å². The molecule has 0 saturated heterocycles. The number of alkyl carbamates (subject to hydrolysis) is 1. The van der Waals surface area contributed by atoms with Crippen molar-refractivity contribution in [2.24, 2.45) is 5.92 Å². The summed E-state index contributed by atoms with van der Waals surface area (Å²) in [7, 11) is 0. The molecule has 0 heterocycles. The number of halogens is 3. The Morgan fingerprint density at radius 2 is 1.56 bits per heavy atom. The van der Waals surface area contributed by atoms with E-state index in [1.165, 1.54) is 0 Å². The third kappa shape index (κ3) is 4.32. The number of aliphatic carboxylic acids is 1. The Hall–Kier alpha value is -3.56. The molecule has 2 aromatic carbocycles. The summed E-state index contributed by atoms with van der Waals surface area (Å²) in [6.07, 6.45) is -5.17. The Bertz CT molecular complexity index is 1090. The first kappa shape index (κ1) is 23.6. The van der Waals surface area contributed by atoms with Crippen LogP contribution < -0.4 is 10.6 Å². The van der Waals surface area contributed by atoms with Gasteiger partial charge in [0.05, 0.1) is 0 Å². The van der Waals surface area contributed by atoms with Crippen LogP contribution in [0.25, 0.3) is 11.1 Å². The van der Waals surface area contributed by atoms with E-state index in [1.54, 1.807) is 5.32 Å². The van der Waals surface area contributed by atoms with Gasteiger partial charge in [-0.1, -0.05) is 48.5 Å². The second kappa shape index (κ2) is 8.66. The number of rotatable bonds is 7. The second-order valence-electron chi connectivity index (χ2n) is 8.70. The number of carboxylic acid groups (broad SMARTS) is 1. The van der Waals surface area contributed by atoms with Crippen LogP contribution in [0.15, 0.2) is 48.5 Å². The Morgan fingerprint density at radius 1 is 1.03 bits per heavy atom. The van der Waals surface area contributed by atoms with E-state index in [2.05, 4.69) is 5.32 Å². The molecule has 0 aromatic heterocycles. The second-order valence-corrected chi connectivity index (χ2v) is 8.70. The lowest BCUT2D eigenvalue weighted by molar-refractivity contribution is -0.207. The van der Waals surface area contributed by atoms with Gasteiger partial charge < -0.3 is 20.5 Å². The van der Waals surface area contributed by atoms with Crippen LogP contribution in [0.4, 0.5) is 18.0 Å². The smallest absolute Gasteiger partial charge is 0.422 e. The first-order chi connectivity index (χ1) is 16.0. The molecule has 7 nitrogen and oxygen atoms in total. The fraction of sp³-hybridized carbons (Fsp3) is 0.375. The molecule has 2 unspecified atom stereocenters. The summed E-state index contributed by atoms with van der Waals surface area (Å²) >= 11 is 0. The van der Waals surface area contributed by atoms with Gasteiger partial charge in [0.2, 0.25) is 11.4 Å². The van der Waals surface area contributed by atoms with Crippen molar-refractivity contribution >= 4 is 18.0 Å². The summed E-state index contributed by atoms with van der Waals surface area (Å²) < 4.78 is 45.2. The molecule has 180 valence electrons. The van der Waals surface area contributed by atoms with Gasteiger partial charge in [-0.15, -0.1) is 0 Å². The predicted octanol–water partition coefficient (Wildman–Crippen LogP) is 3.83. The number of amides is 2. The standard InChI is InChI=1S/C24H23F3N2O5/c1-23(21(31)32,24(25,26)27)29-20(30)19(13-10-11-13)28-22(33)34-12-18-16-8-4-2-6-14(16)15-7-3-5-9-17(15)18/h2-9,13,18-19H,10-12H2,1H3,(H,28,33)(H,29,30)(H,31,32). The van der Waals surface area contributed by atoms with Crippen LogP contribution >= 0.6 is 0 Å². The number of hydrogen-bond acceptors (Lipinski definition) is 4. The highest BCUT2D eigenvalue weighted by molar-refractivity contribution is 5.92. The SMILES string of the molecule is CC(NC(=O)C(NC(=O)OCC1c2ccccc2-c2ccccc21)C1CC1)(C(=O)O)C(F)(F)F. The van der Waals surface area contributed by atoms with Gasteiger partial charge in [0.25, 0.3) is 0 Å². The van der Waals surface area contributed by atoms with E-state index >= 15 is 0 Å². The molecule has 3 N–H and O–H groups in total. The summed E-state index contributed by atoms with van der Waals surface area (Å²) in [4.78, 5) is 36.3. The minimum absolute atomic E-state index is 0.0335. The largest absolute Gasteiger partial charge is 0.479 e. The molecule has 10 heteroatoms. The number of carboxylic acids is 1. The lowest BCUT2D eigenvalue weighted by Gasteiger charge is -2.30. The molecule has 4 rings (SSSR count). The molecule has 2 aliphatic carbocycles. The molecule has 2 atom stereocenters. The van der Waals surface area contributed by atoms with Crippen molar-refractivity contribution in [2.75, 3.05) is 6.61 Å². The number of hydrogen-bond donors (Lipinski definition) is 3. The maximum Gasteiger partial charge on any atom is 0.422 e. The zero-order chi connectivity index (χ0) is 24.7. The molecule has 34 heavy (non-hydrogen) atoms. The van der Waals surface area contributed by atoms with E-state index in [0.717, 1.165) is 22.3 Å². The topological polar surface area (TPSA) is 105 Å². The highest BCUT2D eigenvalue weighted by Crippen LogP contribution is 2.44. The monoisotopic (exact) mass is 476 g/mol. The number of carbonyl (C=O) groups is 3. The molecule has 2 amide bonds. The molecule has 2 aromatic rings. The van der Waals surface area contributed by atoms with E-state index in [4.69, 9.17) is 9.84 Å². The average Bonchev–Trinajstić information content (AvgIpc) is 3.57. The first-order valence-corrected chi connectivity index (χ1v) is 10.8. The maximum absolute atomic E-state index is 13.3. The van der Waals surface area contributed by atoms with Gasteiger partial charge in [-0.3, -0.25) is 4.79 Å². The van der Waals surface area contributed by atoms with Crippen LogP contribution in [0, 0.1) is 5.92 Å². The molecule has 1 fully saturated rings. The summed E-state index contributed by atoms with van der Waals surface area (Å²) in [5.41, 5.74) is 0.538. The molecule has 0 radical (unpaired) electrons. The molecular formula is C24H23F3N2O5. The quantitative estimate of drug-likeness (QED) is 0.564. The molecule has 0 aliphatic heterocycles. The molecular weight excluding hydrogens is 453 g/mol. The zero-order valence-corrected chi connectivity index (χ0v) is 18.2. The molecule has 2 aliphatic rings. The van der Waals surface area contributed by atoms with Crippen molar-refractivity contribution in [3.63, 3.8) is 0 Å². The highest BCUT2D eigenvalue weighted by Gasteiger charge is 2.59. The van der Waals surface area contributed by atoms with E-state index in [1.807, 2.05) is 48.5 Å². The van der Waals surface area contributed by atoms with Gasteiger partial charge in [0.15, 0.2) is 0 Å². The molecule has 0 spiro atoms. The third-order valence-electron chi connectivity index (χ3n) is 6.36. The van der Waals surface area contributed by atoms with Crippen molar-refractivity contribution in [3.05, 3.63) is 59.7 Å². The van der Waals surface area contributed by atoms with E-state index in [-0.39, 0.29) is 12.5 Å². The lowest BCUT2D eigenvalue weighted by atomic mass is 9.98. The number of fused-ring (bicyclic) bond motifs is 3. The molecule has 1 saturated carbocycles. The van der Waals surface area contributed by atoms with Gasteiger partial charge in [-0.25, -0.2) is 9.59 Å². The van der Waals surface area contributed by atoms with E-state index in [9.17, 15) is 27.6 Å². The number of nitrogens with one attached hydrogen (secondary N) is 2. The van der Waals surface area contributed by atoms with Gasteiger partial charge >= 0.3 is 18.2 Å². The Balaban J connectivity index is 1.44. The Kier molecular flexibility index (Phi) is 6.01. The van der Waals surface area contributed by atoms with Crippen LogP contribution in [0.2, 0.25) is 0 Å². The van der Waals surface area contributed by atoms with Gasteiger partial charge in [-0.2, -0.15) is 13.2 Å². The fourth-order valence-electron chi connectivity index (χ4n) is 4.16. The van der Waals surface area contributed by atoms with Crippen molar-refractivity contribution in [1.82, 2.24) is 10.6 Å². The third-order valence-corrected chi connectivity index (χ3v) is 6.36. The minimum atomic E-state index is -5.23. The van der Waals surface area contributed by atoms with Gasteiger partial charge in [0, 0.05) is 5.92 Å². The number of ether oxygens (including phenoxy) is 1. The fourth-order valence-corrected chi connectivity index (χ4v) is 4.16. The van der Waals surface area contributed by atoms with Crippen molar-refractivity contribution in [2.45, 2.75) is 43.4 Å². The first-order valence-electron chi connectivity index (χ1n) is 10.8. The van der Waals surface area contributed by atoms with Gasteiger partial charge in [0.1, 0.15) is 12.6 Å². The molecule has 0 bridgehead atoms. The summed E-state index contributed by atoms with van der Waals surface area (Å²) in [6.45, 7) is 0.332. The van der Waals surface area contributed by atoms with Gasteiger partial charge in [-0.05, 0) is 47.9 Å². The maximum atomic E-state index is 13.3. The summed E-state index contributed by atoms with van der Waals surface area (Å²) in [5.74, 6) is -4.10. The number of benzene rings is 2. The average molecular weight is 476 g/mol. The lowest BCUT2D eigenvalue weighted by Crippen LogP contribution is -2.65. The minimum Gasteiger partial charge on any atom is -0.479 e. The van der Waals surface area contributed by atoms with E-state index < -0.39 is 41.6 Å². The van der Waals surface area contributed by atoms with Crippen LogP contribution in [-0.4, -0.2) is 47.4 Å².